The molecule has 2 atom stereocenters. The van der Waals surface area contributed by atoms with Crippen LogP contribution in [0.4, 0.5) is 4.39 Å². The van der Waals surface area contributed by atoms with E-state index in [2.05, 4.69) is 4.90 Å². The number of piperazine rings is 1. The van der Waals surface area contributed by atoms with Gasteiger partial charge in [0.25, 0.3) is 5.91 Å². The lowest BCUT2D eigenvalue weighted by atomic mass is 10.1. The third kappa shape index (κ3) is 5.67. The molecular formula is C22H23Cl2FN2O4. The molecule has 1 heterocycles. The first-order valence-corrected chi connectivity index (χ1v) is 10.5. The molecule has 1 amide bonds. The molecule has 2 aromatic carbocycles. The SMILES string of the molecule is CC1CN(C(=O)COc2c(Cl)cc(Cl)cc2C(=O)O)C(C)CN1Cc1ccc(F)cc1. The Morgan fingerprint density at radius 2 is 1.81 bits per heavy atom. The normalized spacial score (nSPS) is 19.3. The van der Waals surface area contributed by atoms with Crippen molar-refractivity contribution >= 4 is 35.1 Å². The van der Waals surface area contributed by atoms with Crippen molar-refractivity contribution in [2.75, 3.05) is 19.7 Å². The molecule has 166 valence electrons. The van der Waals surface area contributed by atoms with Crippen molar-refractivity contribution in [1.82, 2.24) is 9.80 Å². The molecule has 0 aromatic heterocycles. The average molecular weight is 469 g/mol. The maximum absolute atomic E-state index is 13.1. The van der Waals surface area contributed by atoms with Crippen molar-refractivity contribution in [2.24, 2.45) is 0 Å². The maximum Gasteiger partial charge on any atom is 0.339 e. The van der Waals surface area contributed by atoms with Crippen LogP contribution in [-0.4, -0.2) is 58.6 Å². The van der Waals surface area contributed by atoms with Gasteiger partial charge in [0.15, 0.2) is 12.4 Å². The van der Waals surface area contributed by atoms with E-state index >= 15 is 0 Å². The summed E-state index contributed by atoms with van der Waals surface area (Å²) in [4.78, 5) is 28.2. The molecule has 2 unspecified atom stereocenters. The molecule has 31 heavy (non-hydrogen) atoms. The van der Waals surface area contributed by atoms with Gasteiger partial charge in [0.1, 0.15) is 11.4 Å². The second-order valence-corrected chi connectivity index (χ2v) is 8.50. The number of ether oxygens (including phenoxy) is 1. The molecule has 9 heteroatoms. The van der Waals surface area contributed by atoms with Crippen LogP contribution in [0.1, 0.15) is 29.8 Å². The highest BCUT2D eigenvalue weighted by Crippen LogP contribution is 2.32. The predicted octanol–water partition coefficient (Wildman–Crippen LogP) is 4.33. The number of amides is 1. The molecule has 1 fully saturated rings. The number of nitrogens with zero attached hydrogens (tertiary/aromatic N) is 2. The van der Waals surface area contributed by atoms with Gasteiger partial charge in [-0.15, -0.1) is 0 Å². The van der Waals surface area contributed by atoms with Crippen LogP contribution in [0.3, 0.4) is 0 Å². The number of rotatable bonds is 6. The van der Waals surface area contributed by atoms with E-state index in [0.29, 0.717) is 19.6 Å². The predicted molar refractivity (Wildman–Crippen MR) is 116 cm³/mol. The van der Waals surface area contributed by atoms with Gasteiger partial charge in [-0.05, 0) is 43.7 Å². The summed E-state index contributed by atoms with van der Waals surface area (Å²) in [6.45, 7) is 5.43. The molecule has 3 rings (SSSR count). The minimum Gasteiger partial charge on any atom is -0.481 e. The van der Waals surface area contributed by atoms with E-state index in [4.69, 9.17) is 27.9 Å². The third-order valence-electron chi connectivity index (χ3n) is 5.31. The van der Waals surface area contributed by atoms with Crippen molar-refractivity contribution in [1.29, 1.82) is 0 Å². The monoisotopic (exact) mass is 468 g/mol. The van der Waals surface area contributed by atoms with Crippen molar-refractivity contribution in [3.05, 3.63) is 63.4 Å². The number of carboxylic acid groups (broad SMARTS) is 1. The fraction of sp³-hybridized carbons (Fsp3) is 0.364. The number of hydrogen-bond acceptors (Lipinski definition) is 4. The number of hydrogen-bond donors (Lipinski definition) is 1. The summed E-state index contributed by atoms with van der Waals surface area (Å²) in [6, 6.07) is 9.00. The van der Waals surface area contributed by atoms with Gasteiger partial charge in [-0.25, -0.2) is 9.18 Å². The first-order chi connectivity index (χ1) is 14.7. The number of carbonyl (C=O) groups is 2. The Morgan fingerprint density at radius 1 is 1.13 bits per heavy atom. The highest BCUT2D eigenvalue weighted by atomic mass is 35.5. The summed E-state index contributed by atoms with van der Waals surface area (Å²) >= 11 is 11.9. The lowest BCUT2D eigenvalue weighted by Crippen LogP contribution is -2.58. The molecule has 0 bridgehead atoms. The molecule has 0 saturated carbocycles. The lowest BCUT2D eigenvalue weighted by molar-refractivity contribution is -0.139. The molecule has 1 aliphatic heterocycles. The van der Waals surface area contributed by atoms with Gasteiger partial charge in [-0.3, -0.25) is 9.69 Å². The number of benzene rings is 2. The van der Waals surface area contributed by atoms with E-state index < -0.39 is 5.97 Å². The number of aromatic carboxylic acids is 1. The molecular weight excluding hydrogens is 446 g/mol. The van der Waals surface area contributed by atoms with Gasteiger partial charge in [-0.1, -0.05) is 35.3 Å². The van der Waals surface area contributed by atoms with Crippen molar-refractivity contribution in [3.8, 4) is 5.75 Å². The Morgan fingerprint density at radius 3 is 2.45 bits per heavy atom. The molecule has 0 radical (unpaired) electrons. The van der Waals surface area contributed by atoms with Gasteiger partial charge < -0.3 is 14.7 Å². The Hall–Kier alpha value is -2.35. The zero-order chi connectivity index (χ0) is 22.7. The molecule has 0 aliphatic carbocycles. The zero-order valence-corrected chi connectivity index (χ0v) is 18.7. The number of halogens is 3. The molecule has 0 spiro atoms. The Kier molecular flexibility index (Phi) is 7.41. The van der Waals surface area contributed by atoms with Crippen LogP contribution in [0.15, 0.2) is 36.4 Å². The van der Waals surface area contributed by atoms with E-state index in [1.54, 1.807) is 17.0 Å². The van der Waals surface area contributed by atoms with Crippen molar-refractivity contribution in [3.63, 3.8) is 0 Å². The quantitative estimate of drug-likeness (QED) is 0.682. The summed E-state index contributed by atoms with van der Waals surface area (Å²) in [5, 5.41) is 9.55. The minimum absolute atomic E-state index is 0.0308. The fourth-order valence-corrected chi connectivity index (χ4v) is 4.22. The average Bonchev–Trinajstić information content (AvgIpc) is 2.70. The maximum atomic E-state index is 13.1. The lowest BCUT2D eigenvalue weighted by Gasteiger charge is -2.44. The van der Waals surface area contributed by atoms with Gasteiger partial charge >= 0.3 is 5.97 Å². The van der Waals surface area contributed by atoms with E-state index in [1.807, 2.05) is 13.8 Å². The van der Waals surface area contributed by atoms with E-state index in [0.717, 1.165) is 5.56 Å². The largest absolute Gasteiger partial charge is 0.481 e. The summed E-state index contributed by atoms with van der Waals surface area (Å²) in [7, 11) is 0. The van der Waals surface area contributed by atoms with Crippen molar-refractivity contribution in [2.45, 2.75) is 32.5 Å². The molecule has 2 aromatic rings. The molecule has 1 saturated heterocycles. The van der Waals surface area contributed by atoms with Crippen LogP contribution in [0.5, 0.6) is 5.75 Å². The smallest absolute Gasteiger partial charge is 0.339 e. The number of carbonyl (C=O) groups excluding carboxylic acids is 1. The standard InChI is InChI=1S/C22H23Cl2FN2O4/c1-13-10-27(14(2)9-26(13)11-15-3-5-17(25)6-4-15)20(28)12-31-21-18(22(29)30)7-16(23)8-19(21)24/h3-8,13-14H,9-12H2,1-2H3,(H,29,30). The zero-order valence-electron chi connectivity index (χ0n) is 17.1. The molecule has 1 N–H and O–H groups in total. The first kappa shape index (κ1) is 23.3. The van der Waals surface area contributed by atoms with Gasteiger partial charge in [0, 0.05) is 36.7 Å². The van der Waals surface area contributed by atoms with Crippen LogP contribution >= 0.6 is 23.2 Å². The molecule has 1 aliphatic rings. The minimum atomic E-state index is -1.25. The Labute approximate surface area is 190 Å². The van der Waals surface area contributed by atoms with E-state index in [-0.39, 0.29) is 51.8 Å². The molecule has 6 nitrogen and oxygen atoms in total. The Balaban J connectivity index is 1.63. The topological polar surface area (TPSA) is 70.1 Å². The summed E-state index contributed by atoms with van der Waals surface area (Å²) < 4.78 is 18.6. The van der Waals surface area contributed by atoms with Gasteiger partial charge in [-0.2, -0.15) is 0 Å². The third-order valence-corrected chi connectivity index (χ3v) is 5.81. The summed E-state index contributed by atoms with van der Waals surface area (Å²) in [5.74, 6) is -1.86. The van der Waals surface area contributed by atoms with Gasteiger partial charge in [0.05, 0.1) is 5.02 Å². The van der Waals surface area contributed by atoms with Crippen molar-refractivity contribution < 1.29 is 23.8 Å². The van der Waals surface area contributed by atoms with Crippen LogP contribution in [-0.2, 0) is 11.3 Å². The van der Waals surface area contributed by atoms with Crippen LogP contribution < -0.4 is 4.74 Å². The highest BCUT2D eigenvalue weighted by molar-refractivity contribution is 6.36. The van der Waals surface area contributed by atoms with Crippen LogP contribution in [0.2, 0.25) is 10.0 Å². The number of carboxylic acids is 1. The van der Waals surface area contributed by atoms with E-state index in [1.165, 1.54) is 24.3 Å². The highest BCUT2D eigenvalue weighted by Gasteiger charge is 2.32. The first-order valence-electron chi connectivity index (χ1n) is 9.78. The van der Waals surface area contributed by atoms with E-state index in [9.17, 15) is 19.1 Å². The van der Waals surface area contributed by atoms with Crippen LogP contribution in [0, 0.1) is 5.82 Å². The summed E-state index contributed by atoms with van der Waals surface area (Å²) in [5.41, 5.74) is 0.804. The second kappa shape index (κ2) is 9.85. The Bertz CT molecular complexity index is 971. The second-order valence-electron chi connectivity index (χ2n) is 7.66. The summed E-state index contributed by atoms with van der Waals surface area (Å²) in [6.07, 6.45) is 0. The van der Waals surface area contributed by atoms with Gasteiger partial charge in [0.2, 0.25) is 0 Å². The fourth-order valence-electron chi connectivity index (χ4n) is 3.67. The van der Waals surface area contributed by atoms with Crippen LogP contribution in [0.25, 0.3) is 0 Å².